The van der Waals surface area contributed by atoms with Gasteiger partial charge in [0.05, 0.1) is 29.1 Å². The Bertz CT molecular complexity index is 992. The molecule has 6 nitrogen and oxygen atoms in total. The van der Waals surface area contributed by atoms with Crippen LogP contribution >= 0.6 is 11.8 Å². The highest BCUT2D eigenvalue weighted by molar-refractivity contribution is 7.98. The van der Waals surface area contributed by atoms with Crippen LogP contribution in [0.1, 0.15) is 23.2 Å². The van der Waals surface area contributed by atoms with Crippen LogP contribution in [0.3, 0.4) is 0 Å². The molecule has 0 aliphatic carbocycles. The summed E-state index contributed by atoms with van der Waals surface area (Å²) < 4.78 is 39.4. The van der Waals surface area contributed by atoms with Crippen molar-refractivity contribution in [1.29, 1.82) is 5.26 Å². The molecule has 2 aromatic rings. The zero-order valence-electron chi connectivity index (χ0n) is 17.7. The Morgan fingerprint density at radius 1 is 1.16 bits per heavy atom. The number of benzene rings is 1. The van der Waals surface area contributed by atoms with Crippen molar-refractivity contribution in [2.24, 2.45) is 0 Å². The van der Waals surface area contributed by atoms with Gasteiger partial charge in [-0.05, 0) is 50.0 Å². The first-order valence-electron chi connectivity index (χ1n) is 10.1. The fraction of sp³-hybridized carbons (Fsp3) is 0.409. The van der Waals surface area contributed by atoms with Crippen LogP contribution in [0.4, 0.5) is 18.9 Å². The Kier molecular flexibility index (Phi) is 8.12. The van der Waals surface area contributed by atoms with Crippen molar-refractivity contribution in [2.75, 3.05) is 44.3 Å². The number of amides is 1. The molecule has 1 saturated heterocycles. The monoisotopic (exact) mass is 463 g/mol. The molecule has 1 aliphatic rings. The van der Waals surface area contributed by atoms with Gasteiger partial charge in [-0.3, -0.25) is 14.6 Å². The number of rotatable bonds is 6. The fourth-order valence-electron chi connectivity index (χ4n) is 3.61. The minimum atomic E-state index is -4.53. The summed E-state index contributed by atoms with van der Waals surface area (Å²) in [5.74, 6) is -0.464. The number of nitriles is 1. The van der Waals surface area contributed by atoms with Crippen molar-refractivity contribution in [3.05, 3.63) is 53.2 Å². The van der Waals surface area contributed by atoms with Crippen LogP contribution in [-0.2, 0) is 17.5 Å². The Morgan fingerprint density at radius 3 is 2.59 bits per heavy atom. The molecule has 0 atom stereocenters. The molecule has 1 N–H and O–H groups in total. The summed E-state index contributed by atoms with van der Waals surface area (Å²) in [7, 11) is 0. The van der Waals surface area contributed by atoms with Gasteiger partial charge in [0, 0.05) is 19.6 Å². The van der Waals surface area contributed by atoms with E-state index in [1.165, 1.54) is 30.0 Å². The first-order valence-corrected chi connectivity index (χ1v) is 11.4. The van der Waals surface area contributed by atoms with Crippen LogP contribution in [0.25, 0.3) is 0 Å². The highest BCUT2D eigenvalue weighted by Crippen LogP contribution is 2.34. The van der Waals surface area contributed by atoms with E-state index in [1.807, 2.05) is 17.2 Å². The summed E-state index contributed by atoms with van der Waals surface area (Å²) in [5, 5.41) is 12.3. The summed E-state index contributed by atoms with van der Waals surface area (Å²) >= 11 is 1.44. The second-order valence-electron chi connectivity index (χ2n) is 7.47. The summed E-state index contributed by atoms with van der Waals surface area (Å²) in [5.41, 5.74) is 0.359. The first kappa shape index (κ1) is 24.0. The number of nitrogens with one attached hydrogen (secondary N) is 1. The number of nitrogens with zero attached hydrogens (tertiary/aromatic N) is 4. The molecular weight excluding hydrogens is 439 g/mol. The molecular formula is C22H24F3N5OS. The van der Waals surface area contributed by atoms with Crippen molar-refractivity contribution in [3.63, 3.8) is 0 Å². The lowest BCUT2D eigenvalue weighted by molar-refractivity contribution is -0.137. The molecule has 3 rings (SSSR count). The molecule has 0 spiro atoms. The van der Waals surface area contributed by atoms with E-state index in [9.17, 15) is 18.0 Å². The minimum Gasteiger partial charge on any atom is -0.324 e. The second kappa shape index (κ2) is 10.8. The predicted octanol–water partition coefficient (Wildman–Crippen LogP) is 3.84. The van der Waals surface area contributed by atoms with E-state index >= 15 is 0 Å². The molecule has 0 unspecified atom stereocenters. The lowest BCUT2D eigenvalue weighted by Gasteiger charge is -2.22. The molecule has 0 saturated carbocycles. The Labute approximate surface area is 189 Å². The third-order valence-corrected chi connectivity index (χ3v) is 5.87. The van der Waals surface area contributed by atoms with Gasteiger partial charge in [-0.2, -0.15) is 18.4 Å². The van der Waals surface area contributed by atoms with Gasteiger partial charge in [0.25, 0.3) is 0 Å². The maximum atomic E-state index is 13.1. The maximum absolute atomic E-state index is 13.1. The fourth-order valence-corrected chi connectivity index (χ4v) is 4.15. The van der Waals surface area contributed by atoms with Crippen LogP contribution < -0.4 is 5.32 Å². The number of carbonyl (C=O) groups is 1. The van der Waals surface area contributed by atoms with Gasteiger partial charge in [-0.1, -0.05) is 12.1 Å². The van der Waals surface area contributed by atoms with E-state index < -0.39 is 17.6 Å². The number of carbonyl (C=O) groups excluding carboxylic acids is 1. The van der Waals surface area contributed by atoms with E-state index in [0.29, 0.717) is 36.8 Å². The molecule has 1 amide bonds. The number of hydrogen-bond acceptors (Lipinski definition) is 6. The van der Waals surface area contributed by atoms with Gasteiger partial charge in [-0.15, -0.1) is 11.8 Å². The second-order valence-corrected chi connectivity index (χ2v) is 8.26. The average Bonchev–Trinajstić information content (AvgIpc) is 2.98. The predicted molar refractivity (Wildman–Crippen MR) is 117 cm³/mol. The van der Waals surface area contributed by atoms with Crippen LogP contribution in [0, 0.1) is 11.3 Å². The molecule has 1 aromatic carbocycles. The number of hydrogen-bond donors (Lipinski definition) is 1. The number of pyridine rings is 1. The molecule has 32 heavy (non-hydrogen) atoms. The van der Waals surface area contributed by atoms with Crippen LogP contribution in [-0.4, -0.2) is 59.7 Å². The summed E-state index contributed by atoms with van der Waals surface area (Å²) in [6.45, 7) is 3.51. The summed E-state index contributed by atoms with van der Waals surface area (Å²) in [6.07, 6.45) is -1.81. The van der Waals surface area contributed by atoms with Gasteiger partial charge in [0.2, 0.25) is 5.91 Å². The average molecular weight is 464 g/mol. The van der Waals surface area contributed by atoms with E-state index in [1.54, 1.807) is 6.07 Å². The van der Waals surface area contributed by atoms with Crippen molar-refractivity contribution in [1.82, 2.24) is 14.8 Å². The van der Waals surface area contributed by atoms with Crippen LogP contribution in [0.5, 0.6) is 0 Å². The summed E-state index contributed by atoms with van der Waals surface area (Å²) in [4.78, 5) is 21.1. The zero-order valence-corrected chi connectivity index (χ0v) is 18.5. The van der Waals surface area contributed by atoms with Crippen LogP contribution in [0.15, 0.2) is 41.4 Å². The third kappa shape index (κ3) is 6.45. The largest absolute Gasteiger partial charge is 0.418 e. The van der Waals surface area contributed by atoms with E-state index in [2.05, 4.69) is 21.3 Å². The quantitative estimate of drug-likeness (QED) is 0.657. The smallest absolute Gasteiger partial charge is 0.324 e. The number of halogens is 3. The first-order chi connectivity index (χ1) is 15.3. The van der Waals surface area contributed by atoms with Crippen molar-refractivity contribution >= 4 is 23.4 Å². The molecule has 1 fully saturated rings. The van der Waals surface area contributed by atoms with Crippen LogP contribution in [0.2, 0.25) is 0 Å². The number of thioether (sulfide) groups is 1. The highest BCUT2D eigenvalue weighted by Gasteiger charge is 2.33. The summed E-state index contributed by atoms with van der Waals surface area (Å²) in [6, 6.07) is 10.8. The highest BCUT2D eigenvalue weighted by atomic mass is 32.2. The lowest BCUT2D eigenvalue weighted by Crippen LogP contribution is -2.36. The SMILES string of the molecule is CSc1nc(CN2CCCN(CC(=O)Nc3ccccc3C(F)(F)F)CC2)ccc1C#N. The molecule has 170 valence electrons. The molecule has 0 bridgehead atoms. The molecule has 2 heterocycles. The normalized spacial score (nSPS) is 15.7. The minimum absolute atomic E-state index is 0.0335. The van der Waals surface area contributed by atoms with Gasteiger partial charge in [0.1, 0.15) is 11.1 Å². The van der Waals surface area contributed by atoms with Gasteiger partial charge >= 0.3 is 6.18 Å². The lowest BCUT2D eigenvalue weighted by atomic mass is 10.1. The number of anilines is 1. The van der Waals surface area contributed by atoms with E-state index in [0.717, 1.165) is 24.7 Å². The molecule has 10 heteroatoms. The van der Waals surface area contributed by atoms with Crippen molar-refractivity contribution in [3.8, 4) is 6.07 Å². The Balaban J connectivity index is 1.55. The van der Waals surface area contributed by atoms with E-state index in [4.69, 9.17) is 5.26 Å². The Hall–Kier alpha value is -2.61. The number of alkyl halides is 3. The standard InChI is InChI=1S/C22H24F3N5OS/c1-32-21-16(13-26)7-8-17(27-21)14-29-9-4-10-30(12-11-29)15-20(31)28-19-6-3-2-5-18(19)22(23,24)25/h2-3,5-8H,4,9-12,14-15H2,1H3,(H,28,31). The third-order valence-electron chi connectivity index (χ3n) is 5.17. The maximum Gasteiger partial charge on any atom is 0.418 e. The Morgan fingerprint density at radius 2 is 1.88 bits per heavy atom. The number of para-hydroxylation sites is 1. The zero-order chi connectivity index (χ0) is 23.1. The number of aromatic nitrogens is 1. The van der Waals surface area contributed by atoms with Crippen molar-refractivity contribution in [2.45, 2.75) is 24.2 Å². The van der Waals surface area contributed by atoms with E-state index in [-0.39, 0.29) is 12.2 Å². The molecule has 1 aliphatic heterocycles. The molecule has 1 aromatic heterocycles. The van der Waals surface area contributed by atoms with Gasteiger partial charge < -0.3 is 5.32 Å². The molecule has 0 radical (unpaired) electrons. The van der Waals surface area contributed by atoms with Gasteiger partial charge in [-0.25, -0.2) is 4.98 Å². The van der Waals surface area contributed by atoms with Gasteiger partial charge in [0.15, 0.2) is 0 Å². The van der Waals surface area contributed by atoms with Crippen molar-refractivity contribution < 1.29 is 18.0 Å². The topological polar surface area (TPSA) is 72.3 Å².